The molecule has 2 rings (SSSR count). The lowest BCUT2D eigenvalue weighted by atomic mass is 10.1. The molecule has 0 spiro atoms. The number of halogens is 1. The Hall–Kier alpha value is -1.88. The third kappa shape index (κ3) is 2.62. The van der Waals surface area contributed by atoms with Crippen LogP contribution < -0.4 is 11.1 Å². The lowest BCUT2D eigenvalue weighted by Gasteiger charge is -2.15. The van der Waals surface area contributed by atoms with Gasteiger partial charge in [-0.2, -0.15) is 0 Å². The summed E-state index contributed by atoms with van der Waals surface area (Å²) >= 11 is 5.81. The van der Waals surface area contributed by atoms with Crippen LogP contribution in [0.5, 0.6) is 0 Å². The molecule has 17 heavy (non-hydrogen) atoms. The van der Waals surface area contributed by atoms with Gasteiger partial charge in [0.25, 0.3) is 0 Å². The Morgan fingerprint density at radius 3 is 2.94 bits per heavy atom. The van der Waals surface area contributed by atoms with Gasteiger partial charge in [-0.15, -0.1) is 0 Å². The van der Waals surface area contributed by atoms with E-state index in [4.69, 9.17) is 17.3 Å². The molecule has 0 amide bonds. The summed E-state index contributed by atoms with van der Waals surface area (Å²) in [4.78, 5) is 11.9. The number of nitrogen functional groups attached to an aromatic ring is 1. The SMILES string of the molecule is CC(Nc1ncnc(Cl)c1N)c1cccnc1. The van der Waals surface area contributed by atoms with Crippen molar-refractivity contribution >= 4 is 23.1 Å². The van der Waals surface area contributed by atoms with E-state index < -0.39 is 0 Å². The zero-order valence-electron chi connectivity index (χ0n) is 9.26. The molecule has 2 aromatic heterocycles. The first-order valence-electron chi connectivity index (χ1n) is 5.11. The van der Waals surface area contributed by atoms with E-state index in [0.29, 0.717) is 11.5 Å². The maximum absolute atomic E-state index is 5.81. The molecule has 1 atom stereocenters. The highest BCUT2D eigenvalue weighted by Gasteiger charge is 2.10. The van der Waals surface area contributed by atoms with Crippen molar-refractivity contribution in [2.24, 2.45) is 0 Å². The van der Waals surface area contributed by atoms with E-state index in [1.165, 1.54) is 6.33 Å². The molecule has 88 valence electrons. The molecular weight excluding hydrogens is 238 g/mol. The van der Waals surface area contributed by atoms with Crippen LogP contribution >= 0.6 is 11.6 Å². The zero-order valence-corrected chi connectivity index (χ0v) is 10.0. The number of nitrogens with two attached hydrogens (primary N) is 1. The molecule has 2 heterocycles. The van der Waals surface area contributed by atoms with Crippen molar-refractivity contribution in [2.75, 3.05) is 11.1 Å². The monoisotopic (exact) mass is 249 g/mol. The second-order valence-corrected chi connectivity index (χ2v) is 3.94. The van der Waals surface area contributed by atoms with Gasteiger partial charge in [0.1, 0.15) is 12.0 Å². The Morgan fingerprint density at radius 2 is 2.24 bits per heavy atom. The Labute approximate surface area is 104 Å². The van der Waals surface area contributed by atoms with E-state index in [9.17, 15) is 0 Å². The van der Waals surface area contributed by atoms with Gasteiger partial charge in [-0.05, 0) is 18.6 Å². The van der Waals surface area contributed by atoms with Gasteiger partial charge in [-0.3, -0.25) is 4.98 Å². The van der Waals surface area contributed by atoms with E-state index in [2.05, 4.69) is 20.3 Å². The van der Waals surface area contributed by atoms with Gasteiger partial charge in [0.05, 0.1) is 6.04 Å². The Morgan fingerprint density at radius 1 is 1.41 bits per heavy atom. The van der Waals surface area contributed by atoms with Crippen molar-refractivity contribution in [3.63, 3.8) is 0 Å². The van der Waals surface area contributed by atoms with Crippen molar-refractivity contribution < 1.29 is 0 Å². The highest BCUT2D eigenvalue weighted by molar-refractivity contribution is 6.32. The molecule has 3 N–H and O–H groups in total. The van der Waals surface area contributed by atoms with Gasteiger partial charge in [-0.25, -0.2) is 9.97 Å². The van der Waals surface area contributed by atoms with Crippen LogP contribution in [-0.4, -0.2) is 15.0 Å². The molecule has 0 aliphatic rings. The normalized spacial score (nSPS) is 12.1. The summed E-state index contributed by atoms with van der Waals surface area (Å²) in [6, 6.07) is 3.89. The Balaban J connectivity index is 2.19. The van der Waals surface area contributed by atoms with Gasteiger partial charge in [-0.1, -0.05) is 17.7 Å². The topological polar surface area (TPSA) is 76.7 Å². The highest BCUT2D eigenvalue weighted by atomic mass is 35.5. The maximum Gasteiger partial charge on any atom is 0.157 e. The fraction of sp³-hybridized carbons (Fsp3) is 0.182. The van der Waals surface area contributed by atoms with E-state index in [0.717, 1.165) is 5.56 Å². The summed E-state index contributed by atoms with van der Waals surface area (Å²) in [5.41, 5.74) is 7.17. The lowest BCUT2D eigenvalue weighted by molar-refractivity contribution is 0.865. The van der Waals surface area contributed by atoms with Crippen LogP contribution in [0.25, 0.3) is 0 Å². The highest BCUT2D eigenvalue weighted by Crippen LogP contribution is 2.25. The van der Waals surface area contributed by atoms with Crippen LogP contribution in [0.15, 0.2) is 30.9 Å². The third-order valence-corrected chi connectivity index (χ3v) is 2.67. The zero-order chi connectivity index (χ0) is 12.3. The van der Waals surface area contributed by atoms with Crippen LogP contribution in [0, 0.1) is 0 Å². The largest absolute Gasteiger partial charge is 0.393 e. The Bertz CT molecular complexity index is 502. The minimum Gasteiger partial charge on any atom is -0.393 e. The molecule has 0 bridgehead atoms. The summed E-state index contributed by atoms with van der Waals surface area (Å²) < 4.78 is 0. The summed E-state index contributed by atoms with van der Waals surface area (Å²) in [5.74, 6) is 0.529. The number of hydrogen-bond donors (Lipinski definition) is 2. The number of nitrogens with zero attached hydrogens (tertiary/aromatic N) is 3. The number of anilines is 2. The average molecular weight is 250 g/mol. The molecule has 0 radical (unpaired) electrons. The van der Waals surface area contributed by atoms with Crippen LogP contribution in [0.2, 0.25) is 5.15 Å². The van der Waals surface area contributed by atoms with Crippen molar-refractivity contribution in [2.45, 2.75) is 13.0 Å². The number of rotatable bonds is 3. The fourth-order valence-electron chi connectivity index (χ4n) is 1.41. The minimum absolute atomic E-state index is 0.0389. The van der Waals surface area contributed by atoms with E-state index in [-0.39, 0.29) is 11.2 Å². The van der Waals surface area contributed by atoms with Crippen LogP contribution in [0.3, 0.4) is 0 Å². The standard InChI is InChI=1S/C11H12ClN5/c1-7(8-3-2-4-14-5-8)17-11-9(13)10(12)15-6-16-11/h2-7H,13H2,1H3,(H,15,16,17). The van der Waals surface area contributed by atoms with E-state index >= 15 is 0 Å². The molecule has 6 heteroatoms. The van der Waals surface area contributed by atoms with Gasteiger partial charge >= 0.3 is 0 Å². The second kappa shape index (κ2) is 4.97. The van der Waals surface area contributed by atoms with Crippen LogP contribution in [0.1, 0.15) is 18.5 Å². The molecule has 1 unspecified atom stereocenters. The van der Waals surface area contributed by atoms with Crippen molar-refractivity contribution in [3.8, 4) is 0 Å². The molecule has 0 aliphatic carbocycles. The van der Waals surface area contributed by atoms with E-state index in [1.807, 2.05) is 19.1 Å². The predicted molar refractivity (Wildman–Crippen MR) is 67.7 cm³/mol. The summed E-state index contributed by atoms with van der Waals surface area (Å²) in [5, 5.41) is 3.42. The number of aromatic nitrogens is 3. The molecule has 2 aromatic rings. The molecule has 0 aliphatic heterocycles. The van der Waals surface area contributed by atoms with Crippen molar-refractivity contribution in [1.82, 2.24) is 15.0 Å². The Kier molecular flexibility index (Phi) is 3.39. The fourth-order valence-corrected chi connectivity index (χ4v) is 1.54. The quantitative estimate of drug-likeness (QED) is 0.816. The summed E-state index contributed by atoms with van der Waals surface area (Å²) in [6.45, 7) is 1.99. The number of nitrogens with one attached hydrogen (secondary N) is 1. The average Bonchev–Trinajstić information content (AvgIpc) is 2.36. The second-order valence-electron chi connectivity index (χ2n) is 3.58. The molecule has 5 nitrogen and oxygen atoms in total. The summed E-state index contributed by atoms with van der Waals surface area (Å²) in [7, 11) is 0. The van der Waals surface area contributed by atoms with Crippen molar-refractivity contribution in [3.05, 3.63) is 41.6 Å². The lowest BCUT2D eigenvalue weighted by Crippen LogP contribution is -2.10. The molecular formula is C11H12ClN5. The first-order chi connectivity index (χ1) is 8.18. The van der Waals surface area contributed by atoms with Gasteiger partial charge in [0, 0.05) is 12.4 Å². The summed E-state index contributed by atoms with van der Waals surface area (Å²) in [6.07, 6.45) is 4.89. The minimum atomic E-state index is 0.0389. The van der Waals surface area contributed by atoms with Gasteiger partial charge in [0.15, 0.2) is 11.0 Å². The molecule has 0 saturated heterocycles. The van der Waals surface area contributed by atoms with Gasteiger partial charge in [0.2, 0.25) is 0 Å². The van der Waals surface area contributed by atoms with Crippen LogP contribution in [0.4, 0.5) is 11.5 Å². The maximum atomic E-state index is 5.81. The number of hydrogen-bond acceptors (Lipinski definition) is 5. The smallest absolute Gasteiger partial charge is 0.157 e. The molecule has 0 aromatic carbocycles. The van der Waals surface area contributed by atoms with Crippen LogP contribution in [-0.2, 0) is 0 Å². The molecule has 0 fully saturated rings. The molecule has 0 saturated carbocycles. The number of pyridine rings is 1. The first-order valence-corrected chi connectivity index (χ1v) is 5.48. The van der Waals surface area contributed by atoms with Gasteiger partial charge < -0.3 is 11.1 Å². The first kappa shape index (κ1) is 11.6. The predicted octanol–water partition coefficient (Wildman–Crippen LogP) is 2.28. The van der Waals surface area contributed by atoms with E-state index in [1.54, 1.807) is 12.4 Å². The third-order valence-electron chi connectivity index (χ3n) is 2.37. The van der Waals surface area contributed by atoms with Crippen molar-refractivity contribution in [1.29, 1.82) is 0 Å².